The predicted octanol–water partition coefficient (Wildman–Crippen LogP) is 3.40. The fraction of sp³-hybridized carbons (Fsp3) is 0.562. The summed E-state index contributed by atoms with van der Waals surface area (Å²) in [5.74, 6) is 0. The molecule has 24 heavy (non-hydrogen) atoms. The van der Waals surface area contributed by atoms with Crippen molar-refractivity contribution in [3.63, 3.8) is 0 Å². The number of rotatable bonds is 5. The zero-order valence-corrected chi connectivity index (χ0v) is 14.5. The lowest BCUT2D eigenvalue weighted by atomic mass is 10.1. The van der Waals surface area contributed by atoms with Crippen molar-refractivity contribution >= 4 is 17.4 Å². The second-order valence-electron chi connectivity index (χ2n) is 6.38. The van der Waals surface area contributed by atoms with Gasteiger partial charge in [0.05, 0.1) is 23.4 Å². The van der Waals surface area contributed by atoms with Gasteiger partial charge in [0.1, 0.15) is 0 Å². The minimum atomic E-state index is -4.60. The van der Waals surface area contributed by atoms with Crippen molar-refractivity contribution in [1.82, 2.24) is 4.90 Å². The van der Waals surface area contributed by atoms with Gasteiger partial charge in [0.15, 0.2) is 0 Å². The maximum atomic E-state index is 13.3. The number of benzene rings is 1. The molecule has 1 aromatic carbocycles. The molecule has 0 aliphatic rings. The summed E-state index contributed by atoms with van der Waals surface area (Å²) in [7, 11) is 3.27. The first-order valence-corrected chi connectivity index (χ1v) is 7.52. The van der Waals surface area contributed by atoms with Gasteiger partial charge in [0, 0.05) is 26.3 Å². The Labute approximate surface area is 140 Å². The third-order valence-electron chi connectivity index (χ3n) is 3.31. The maximum Gasteiger partial charge on any atom is 0.418 e. The van der Waals surface area contributed by atoms with Gasteiger partial charge in [-0.3, -0.25) is 0 Å². The van der Waals surface area contributed by atoms with E-state index in [1.807, 2.05) is 0 Å². The van der Waals surface area contributed by atoms with E-state index < -0.39 is 23.4 Å². The summed E-state index contributed by atoms with van der Waals surface area (Å²) < 4.78 is 39.8. The number of carbonyl (C=O) groups is 1. The molecule has 2 amide bonds. The fourth-order valence-corrected chi connectivity index (χ4v) is 2.14. The molecule has 0 saturated carbocycles. The van der Waals surface area contributed by atoms with E-state index in [4.69, 9.17) is 0 Å². The summed E-state index contributed by atoms with van der Waals surface area (Å²) in [6.45, 7) is 5.00. The Morgan fingerprint density at radius 2 is 1.83 bits per heavy atom. The van der Waals surface area contributed by atoms with Crippen LogP contribution in [0.5, 0.6) is 0 Å². The van der Waals surface area contributed by atoms with Crippen molar-refractivity contribution in [2.75, 3.05) is 37.4 Å². The smallest absolute Gasteiger partial charge is 0.389 e. The molecule has 1 rings (SSSR count). The fourth-order valence-electron chi connectivity index (χ4n) is 2.14. The van der Waals surface area contributed by atoms with E-state index in [9.17, 15) is 23.1 Å². The van der Waals surface area contributed by atoms with Crippen molar-refractivity contribution in [3.8, 4) is 0 Å². The molecule has 5 nitrogen and oxygen atoms in total. The first-order chi connectivity index (χ1) is 10.8. The normalized spacial score (nSPS) is 12.0. The summed E-state index contributed by atoms with van der Waals surface area (Å²) in [5, 5.41) is 12.1. The summed E-state index contributed by atoms with van der Waals surface area (Å²) in [4.78, 5) is 15.0. The van der Waals surface area contributed by atoms with Crippen LogP contribution in [0.2, 0.25) is 0 Å². The Bertz CT molecular complexity index is 581. The Kier molecular flexibility index (Phi) is 6.10. The first-order valence-electron chi connectivity index (χ1n) is 7.52. The predicted molar refractivity (Wildman–Crippen MR) is 88.3 cm³/mol. The van der Waals surface area contributed by atoms with Gasteiger partial charge in [-0.25, -0.2) is 4.79 Å². The number of amides is 2. The lowest BCUT2D eigenvalue weighted by Gasteiger charge is -2.28. The van der Waals surface area contributed by atoms with E-state index >= 15 is 0 Å². The summed E-state index contributed by atoms with van der Waals surface area (Å²) >= 11 is 0. The minimum absolute atomic E-state index is 0.00641. The number of nitrogens with zero attached hydrogens (tertiary/aromatic N) is 2. The Hall–Kier alpha value is -1.96. The van der Waals surface area contributed by atoms with Crippen LogP contribution in [0.25, 0.3) is 0 Å². The van der Waals surface area contributed by atoms with Crippen LogP contribution in [0.4, 0.5) is 29.3 Å². The zero-order valence-electron chi connectivity index (χ0n) is 14.5. The van der Waals surface area contributed by atoms with Crippen molar-refractivity contribution in [2.24, 2.45) is 0 Å². The molecular weight excluding hydrogens is 323 g/mol. The van der Waals surface area contributed by atoms with Gasteiger partial charge in [-0.1, -0.05) is 0 Å². The quantitative estimate of drug-likeness (QED) is 0.858. The Balaban J connectivity index is 3.11. The molecule has 0 heterocycles. The van der Waals surface area contributed by atoms with E-state index in [0.717, 1.165) is 6.07 Å². The standard InChI is InChI=1S/C16H24F3N3O2/c1-6-22(10-15(2,3)24)14(23)20-13-8-7-11(21(4)5)9-12(13)16(17,18)19/h7-9,24H,6,10H2,1-5H3,(H,20,23). The second-order valence-corrected chi connectivity index (χ2v) is 6.38. The number of hydrogen-bond donors (Lipinski definition) is 2. The summed E-state index contributed by atoms with van der Waals surface area (Å²) in [6.07, 6.45) is -4.60. The molecule has 0 aliphatic heterocycles. The highest BCUT2D eigenvalue weighted by Crippen LogP contribution is 2.37. The molecule has 0 atom stereocenters. The average Bonchev–Trinajstić information content (AvgIpc) is 2.42. The van der Waals surface area contributed by atoms with E-state index in [-0.39, 0.29) is 18.8 Å². The number of nitrogens with one attached hydrogen (secondary N) is 1. The average molecular weight is 347 g/mol. The number of carbonyl (C=O) groups excluding carboxylic acids is 1. The first kappa shape index (κ1) is 20.1. The molecular formula is C16H24F3N3O2. The number of urea groups is 1. The topological polar surface area (TPSA) is 55.8 Å². The van der Waals surface area contributed by atoms with Crippen LogP contribution in [0.3, 0.4) is 0 Å². The molecule has 1 aromatic rings. The lowest BCUT2D eigenvalue weighted by molar-refractivity contribution is -0.136. The molecule has 2 N–H and O–H groups in total. The maximum absolute atomic E-state index is 13.3. The van der Waals surface area contributed by atoms with Crippen LogP contribution >= 0.6 is 0 Å². The third kappa shape index (κ3) is 5.59. The SMILES string of the molecule is CCN(CC(C)(C)O)C(=O)Nc1ccc(N(C)C)cc1C(F)(F)F. The van der Waals surface area contributed by atoms with Gasteiger partial charge >= 0.3 is 12.2 Å². The molecule has 0 radical (unpaired) electrons. The lowest BCUT2D eigenvalue weighted by Crippen LogP contribution is -2.44. The van der Waals surface area contributed by atoms with E-state index in [2.05, 4.69) is 5.32 Å². The van der Waals surface area contributed by atoms with Gasteiger partial charge in [0.2, 0.25) is 0 Å². The number of halogens is 3. The molecule has 0 unspecified atom stereocenters. The van der Waals surface area contributed by atoms with Gasteiger partial charge in [0.25, 0.3) is 0 Å². The second kappa shape index (κ2) is 7.29. The third-order valence-corrected chi connectivity index (χ3v) is 3.31. The number of anilines is 2. The molecule has 0 spiro atoms. The number of likely N-dealkylation sites (N-methyl/N-ethyl adjacent to an activating group) is 1. The van der Waals surface area contributed by atoms with Gasteiger partial charge in [-0.2, -0.15) is 13.2 Å². The van der Waals surface area contributed by atoms with Gasteiger partial charge < -0.3 is 20.2 Å². The van der Waals surface area contributed by atoms with Crippen molar-refractivity contribution in [3.05, 3.63) is 23.8 Å². The van der Waals surface area contributed by atoms with Crippen LogP contribution in [-0.4, -0.2) is 48.8 Å². The monoisotopic (exact) mass is 347 g/mol. The highest BCUT2D eigenvalue weighted by molar-refractivity contribution is 5.90. The number of alkyl halides is 3. The molecule has 136 valence electrons. The van der Waals surface area contributed by atoms with Crippen LogP contribution < -0.4 is 10.2 Å². The molecule has 0 aliphatic carbocycles. The molecule has 0 aromatic heterocycles. The Morgan fingerprint density at radius 1 is 1.25 bits per heavy atom. The van der Waals surface area contributed by atoms with Crippen molar-refractivity contribution in [1.29, 1.82) is 0 Å². The molecule has 0 fully saturated rings. The minimum Gasteiger partial charge on any atom is -0.389 e. The van der Waals surface area contributed by atoms with Crippen molar-refractivity contribution in [2.45, 2.75) is 32.5 Å². The van der Waals surface area contributed by atoms with Crippen LogP contribution in [0.15, 0.2) is 18.2 Å². The number of aliphatic hydroxyl groups is 1. The van der Waals surface area contributed by atoms with Crippen molar-refractivity contribution < 1.29 is 23.1 Å². The summed E-state index contributed by atoms with van der Waals surface area (Å²) in [6, 6.07) is 3.02. The van der Waals surface area contributed by atoms with E-state index in [1.54, 1.807) is 25.9 Å². The highest BCUT2D eigenvalue weighted by Gasteiger charge is 2.35. The van der Waals surface area contributed by atoms with Crippen LogP contribution in [-0.2, 0) is 6.18 Å². The van der Waals surface area contributed by atoms with E-state index in [0.29, 0.717) is 5.69 Å². The largest absolute Gasteiger partial charge is 0.418 e. The Morgan fingerprint density at radius 3 is 2.25 bits per heavy atom. The van der Waals surface area contributed by atoms with Crippen LogP contribution in [0.1, 0.15) is 26.3 Å². The highest BCUT2D eigenvalue weighted by atomic mass is 19.4. The molecule has 8 heteroatoms. The van der Waals surface area contributed by atoms with Gasteiger partial charge in [-0.05, 0) is 39.0 Å². The molecule has 0 bridgehead atoms. The molecule has 0 saturated heterocycles. The number of hydrogen-bond acceptors (Lipinski definition) is 3. The van der Waals surface area contributed by atoms with Crippen LogP contribution in [0, 0.1) is 0 Å². The van der Waals surface area contributed by atoms with Gasteiger partial charge in [-0.15, -0.1) is 0 Å². The van der Waals surface area contributed by atoms with E-state index in [1.165, 1.54) is 30.9 Å². The summed E-state index contributed by atoms with van der Waals surface area (Å²) in [5.41, 5.74) is -1.99. The zero-order chi connectivity index (χ0) is 18.7.